The summed E-state index contributed by atoms with van der Waals surface area (Å²) in [4.78, 5) is 32.9. The molecule has 4 aliphatic heterocycles. The number of aromatic nitrogens is 1. The van der Waals surface area contributed by atoms with Gasteiger partial charge in [0.1, 0.15) is 5.75 Å². The van der Waals surface area contributed by atoms with Crippen LogP contribution in [0.1, 0.15) is 97.5 Å². The number of nitrogens with zero attached hydrogens (tertiary/aromatic N) is 4. The monoisotopic (exact) mass is 685 g/mol. The van der Waals surface area contributed by atoms with Crippen LogP contribution in [0.3, 0.4) is 0 Å². The van der Waals surface area contributed by atoms with Crippen LogP contribution in [0.5, 0.6) is 5.75 Å². The van der Waals surface area contributed by atoms with Gasteiger partial charge in [0, 0.05) is 72.8 Å². The lowest BCUT2D eigenvalue weighted by atomic mass is 9.81. The van der Waals surface area contributed by atoms with Gasteiger partial charge < -0.3 is 19.1 Å². The van der Waals surface area contributed by atoms with Gasteiger partial charge >= 0.3 is 10.2 Å². The third kappa shape index (κ3) is 4.97. The number of methoxy groups -OCH3 is 1. The predicted molar refractivity (Wildman–Crippen MR) is 188 cm³/mol. The van der Waals surface area contributed by atoms with E-state index in [1.165, 1.54) is 34.7 Å². The van der Waals surface area contributed by atoms with E-state index < -0.39 is 21.5 Å². The smallest absolute Gasteiger partial charge is 0.304 e. The molecule has 10 nitrogen and oxygen atoms in total. The van der Waals surface area contributed by atoms with Crippen molar-refractivity contribution < 1.29 is 22.7 Å². The highest BCUT2D eigenvalue weighted by molar-refractivity contribution is 7.87. The number of likely N-dealkylation sites (N-methyl/N-ethyl adjacent to an activating group) is 1. The number of ether oxygens (including phenoxy) is 1. The molecule has 2 atom stereocenters. The van der Waals surface area contributed by atoms with Crippen LogP contribution >= 0.6 is 0 Å². The molecule has 0 spiro atoms. The summed E-state index contributed by atoms with van der Waals surface area (Å²) in [6, 6.07) is 12.7. The van der Waals surface area contributed by atoms with Crippen LogP contribution in [-0.2, 0) is 21.5 Å². The number of carbonyl (C=O) groups is 2. The van der Waals surface area contributed by atoms with Crippen molar-refractivity contribution in [3.8, 4) is 17.0 Å². The van der Waals surface area contributed by atoms with E-state index in [4.69, 9.17) is 4.74 Å². The first kappa shape index (κ1) is 31.6. The van der Waals surface area contributed by atoms with Crippen molar-refractivity contribution >= 4 is 32.9 Å². The van der Waals surface area contributed by atoms with Crippen molar-refractivity contribution in [3.05, 3.63) is 53.1 Å². The van der Waals surface area contributed by atoms with Crippen LogP contribution in [0.25, 0.3) is 22.2 Å². The first-order chi connectivity index (χ1) is 23.7. The zero-order valence-corrected chi connectivity index (χ0v) is 29.4. The fourth-order valence-electron chi connectivity index (χ4n) is 10.2. The SMILES string of the molecule is COc1ccc2c(c1)C1CC1(C(=O)N1C3CCC1CC3)Cn1c-2c(C2CCCCC2)c2ccc(C(=O)NS(=O)(=O)N3CCN(C)CC3)cc21. The van der Waals surface area contributed by atoms with Gasteiger partial charge in [0.15, 0.2) is 0 Å². The zero-order valence-electron chi connectivity index (χ0n) is 28.6. The molecule has 3 saturated heterocycles. The summed E-state index contributed by atoms with van der Waals surface area (Å²) in [7, 11) is -0.323. The third-order valence-corrected chi connectivity index (χ3v) is 14.4. The lowest BCUT2D eigenvalue weighted by Gasteiger charge is -2.31. The lowest BCUT2D eigenvalue weighted by Crippen LogP contribution is -2.52. The lowest BCUT2D eigenvalue weighted by molar-refractivity contribution is -0.139. The first-order valence-corrected chi connectivity index (χ1v) is 19.8. The van der Waals surface area contributed by atoms with Gasteiger partial charge in [-0.3, -0.25) is 9.59 Å². The Labute approximate surface area is 288 Å². The largest absolute Gasteiger partial charge is 0.497 e. The summed E-state index contributed by atoms with van der Waals surface area (Å²) in [5.74, 6) is 0.933. The van der Waals surface area contributed by atoms with E-state index in [-0.39, 0.29) is 11.8 Å². The average Bonchev–Trinajstić information content (AvgIpc) is 3.36. The second-order valence-electron chi connectivity index (χ2n) is 15.6. The fourth-order valence-corrected chi connectivity index (χ4v) is 11.3. The predicted octanol–water partition coefficient (Wildman–Crippen LogP) is 5.23. The maximum Gasteiger partial charge on any atom is 0.304 e. The minimum atomic E-state index is -3.99. The zero-order chi connectivity index (χ0) is 33.7. The van der Waals surface area contributed by atoms with Gasteiger partial charge in [0.05, 0.1) is 18.2 Å². The van der Waals surface area contributed by atoms with Gasteiger partial charge in [0.2, 0.25) is 5.91 Å². The summed E-state index contributed by atoms with van der Waals surface area (Å²) in [5, 5.41) is 1.10. The molecule has 260 valence electrons. The van der Waals surface area contributed by atoms with Gasteiger partial charge in [-0.2, -0.15) is 12.7 Å². The van der Waals surface area contributed by atoms with E-state index in [0.29, 0.717) is 56.3 Å². The van der Waals surface area contributed by atoms with Crippen LogP contribution in [-0.4, -0.2) is 91.3 Å². The van der Waals surface area contributed by atoms with E-state index >= 15 is 0 Å². The summed E-state index contributed by atoms with van der Waals surface area (Å²) >= 11 is 0. The summed E-state index contributed by atoms with van der Waals surface area (Å²) in [6.07, 6.45) is 11.0. The molecular weight excluding hydrogens is 639 g/mol. The number of fused-ring (bicyclic) bond motifs is 9. The van der Waals surface area contributed by atoms with Crippen molar-refractivity contribution in [1.29, 1.82) is 0 Å². The molecule has 2 aromatic carbocycles. The summed E-state index contributed by atoms with van der Waals surface area (Å²) < 4.78 is 38.4. The minimum Gasteiger partial charge on any atom is -0.497 e. The Bertz CT molecular complexity index is 1940. The second kappa shape index (κ2) is 11.6. The minimum absolute atomic E-state index is 0.0967. The average molecular weight is 686 g/mol. The molecule has 5 fully saturated rings. The molecule has 3 aromatic rings. The van der Waals surface area contributed by atoms with E-state index in [2.05, 4.69) is 31.2 Å². The topological polar surface area (TPSA) is 104 Å². The van der Waals surface area contributed by atoms with Gasteiger partial charge in [-0.15, -0.1) is 0 Å². The maximum atomic E-state index is 14.8. The van der Waals surface area contributed by atoms with E-state index in [0.717, 1.165) is 72.9 Å². The van der Waals surface area contributed by atoms with Crippen molar-refractivity contribution in [3.63, 3.8) is 0 Å². The van der Waals surface area contributed by atoms with Gasteiger partial charge in [-0.25, -0.2) is 4.72 Å². The van der Waals surface area contributed by atoms with Crippen molar-refractivity contribution in [2.75, 3.05) is 40.3 Å². The number of amides is 2. The van der Waals surface area contributed by atoms with E-state index in [1.54, 1.807) is 13.2 Å². The Morgan fingerprint density at radius 1 is 0.898 bits per heavy atom. The number of nitrogens with one attached hydrogen (secondary N) is 1. The second-order valence-corrected chi connectivity index (χ2v) is 17.3. The molecule has 2 bridgehead atoms. The number of hydrogen-bond donors (Lipinski definition) is 1. The fraction of sp³-hybridized carbons (Fsp3) is 0.579. The Kier molecular flexibility index (Phi) is 7.45. The van der Waals surface area contributed by atoms with E-state index in [1.807, 2.05) is 25.2 Å². The number of hydrogen-bond acceptors (Lipinski definition) is 6. The molecule has 1 N–H and O–H groups in total. The van der Waals surface area contributed by atoms with Crippen molar-refractivity contribution in [2.45, 2.75) is 94.7 Å². The third-order valence-electron chi connectivity index (χ3n) is 12.9. The Hall–Kier alpha value is -3.41. The highest BCUT2D eigenvalue weighted by Gasteiger charge is 2.65. The molecule has 2 saturated carbocycles. The quantitative estimate of drug-likeness (QED) is 0.382. The Morgan fingerprint density at radius 2 is 1.61 bits per heavy atom. The molecule has 5 heterocycles. The molecule has 49 heavy (non-hydrogen) atoms. The van der Waals surface area contributed by atoms with Crippen LogP contribution in [0.4, 0.5) is 0 Å². The Morgan fingerprint density at radius 3 is 2.31 bits per heavy atom. The van der Waals surface area contributed by atoms with Crippen LogP contribution < -0.4 is 9.46 Å². The van der Waals surface area contributed by atoms with Crippen LogP contribution in [0.15, 0.2) is 36.4 Å². The molecule has 11 heteroatoms. The normalized spacial score (nSPS) is 28.5. The van der Waals surface area contributed by atoms with Crippen LogP contribution in [0, 0.1) is 5.41 Å². The van der Waals surface area contributed by atoms with Gasteiger partial charge in [0.25, 0.3) is 5.91 Å². The van der Waals surface area contributed by atoms with Crippen molar-refractivity contribution in [2.24, 2.45) is 5.41 Å². The number of rotatable bonds is 6. The van der Waals surface area contributed by atoms with Gasteiger partial charge in [-0.05, 0) is 99.4 Å². The number of benzene rings is 2. The van der Waals surface area contributed by atoms with Crippen molar-refractivity contribution in [1.82, 2.24) is 23.4 Å². The molecule has 2 aliphatic carbocycles. The highest BCUT2D eigenvalue weighted by atomic mass is 32.2. The molecule has 6 aliphatic rings. The Balaban J connectivity index is 1.18. The van der Waals surface area contributed by atoms with Crippen LogP contribution in [0.2, 0.25) is 0 Å². The van der Waals surface area contributed by atoms with E-state index in [9.17, 15) is 18.0 Å². The van der Waals surface area contributed by atoms with Gasteiger partial charge in [-0.1, -0.05) is 25.3 Å². The number of piperazine rings is 1. The number of carbonyl (C=O) groups excluding carboxylic acids is 2. The molecule has 2 unspecified atom stereocenters. The summed E-state index contributed by atoms with van der Waals surface area (Å²) in [5.41, 5.74) is 5.47. The molecule has 2 amide bonds. The molecule has 0 radical (unpaired) electrons. The first-order valence-electron chi connectivity index (χ1n) is 18.4. The molecular formula is C38H47N5O5S. The summed E-state index contributed by atoms with van der Waals surface area (Å²) in [6.45, 7) is 2.47. The highest BCUT2D eigenvalue weighted by Crippen LogP contribution is 2.67. The standard InChI is InChI=1S/C38H47N5O5S/c1-40-16-18-41(19-17-40)49(46,47)39-36(44)25-8-14-30-33(20-25)42-23-38(37(45)43-26-9-10-27(43)12-11-26)22-32(38)31-21-28(48-2)13-15-29(31)35(42)34(30)24-6-4-3-5-7-24/h8,13-15,20-21,24,26-27,32H,3-7,9-12,16-19,22-23H2,1-2H3,(H,39,44). The molecule has 9 rings (SSSR count). The molecule has 1 aromatic heterocycles. The maximum absolute atomic E-state index is 14.8.